The fourth-order valence-corrected chi connectivity index (χ4v) is 4.22. The Hall–Kier alpha value is -3.92. The number of carbonyl (C=O) groups excluding carboxylic acids is 1. The van der Waals surface area contributed by atoms with Crippen LogP contribution in [0.25, 0.3) is 0 Å². The summed E-state index contributed by atoms with van der Waals surface area (Å²) in [4.78, 5) is 22.7. The number of nitrogens with zero attached hydrogens (tertiary/aromatic N) is 3. The first-order valence-electron chi connectivity index (χ1n) is 12.6. The molecule has 0 bridgehead atoms. The Bertz CT molecular complexity index is 1190. The van der Waals surface area contributed by atoms with Gasteiger partial charge in [-0.1, -0.05) is 6.07 Å². The zero-order valence-electron chi connectivity index (χ0n) is 21.8. The number of hydrogen-bond acceptors (Lipinski definition) is 7. The molecule has 1 fully saturated rings. The predicted molar refractivity (Wildman–Crippen MR) is 150 cm³/mol. The summed E-state index contributed by atoms with van der Waals surface area (Å²) in [5.74, 6) is 2.63. The predicted octanol–water partition coefficient (Wildman–Crippen LogP) is 5.64. The molecule has 1 amide bonds. The first kappa shape index (κ1) is 27.1. The van der Waals surface area contributed by atoms with Gasteiger partial charge in [-0.2, -0.15) is 0 Å². The number of hydrogen-bond donors (Lipinski definition) is 2. The summed E-state index contributed by atoms with van der Waals surface area (Å²) in [6.07, 6.45) is 4.55. The SMILES string of the molecule is CC(C)(C)NC(=S)Nc1ccc(OC(=O)N2CCC(COc3ccc(Oc4ccccn4)cc3)CC2)nc1. The van der Waals surface area contributed by atoms with E-state index >= 15 is 0 Å². The third-order valence-electron chi connectivity index (χ3n) is 5.72. The van der Waals surface area contributed by atoms with Gasteiger partial charge in [0.25, 0.3) is 0 Å². The molecule has 0 saturated carbocycles. The molecule has 1 aromatic carbocycles. The van der Waals surface area contributed by atoms with Crippen LogP contribution < -0.4 is 24.8 Å². The quantitative estimate of drug-likeness (QED) is 0.372. The van der Waals surface area contributed by atoms with E-state index in [1.165, 1.54) is 0 Å². The fraction of sp³-hybridized carbons (Fsp3) is 0.357. The zero-order chi connectivity index (χ0) is 27.0. The van der Waals surface area contributed by atoms with E-state index in [0.29, 0.717) is 48.0 Å². The molecule has 1 aliphatic heterocycles. The average molecular weight is 536 g/mol. The summed E-state index contributed by atoms with van der Waals surface area (Å²) < 4.78 is 17.1. The maximum Gasteiger partial charge on any atom is 0.416 e. The Labute approximate surface area is 228 Å². The molecule has 0 unspecified atom stereocenters. The molecular weight excluding hydrogens is 502 g/mol. The van der Waals surface area contributed by atoms with Crippen LogP contribution in [0.3, 0.4) is 0 Å². The molecule has 1 saturated heterocycles. The molecule has 10 heteroatoms. The van der Waals surface area contributed by atoms with Gasteiger partial charge < -0.3 is 29.7 Å². The highest BCUT2D eigenvalue weighted by atomic mass is 32.1. The summed E-state index contributed by atoms with van der Waals surface area (Å²) in [5.41, 5.74) is 0.566. The minimum absolute atomic E-state index is 0.145. The molecule has 200 valence electrons. The highest BCUT2D eigenvalue weighted by Gasteiger charge is 2.25. The largest absolute Gasteiger partial charge is 0.493 e. The third kappa shape index (κ3) is 8.58. The van der Waals surface area contributed by atoms with E-state index in [-0.39, 0.29) is 11.4 Å². The first-order valence-corrected chi connectivity index (χ1v) is 13.0. The van der Waals surface area contributed by atoms with Crippen molar-refractivity contribution in [2.75, 3.05) is 25.0 Å². The summed E-state index contributed by atoms with van der Waals surface area (Å²) in [7, 11) is 0. The van der Waals surface area contributed by atoms with E-state index in [0.717, 1.165) is 18.6 Å². The highest BCUT2D eigenvalue weighted by molar-refractivity contribution is 7.80. The van der Waals surface area contributed by atoms with Gasteiger partial charge in [0, 0.05) is 37.0 Å². The summed E-state index contributed by atoms with van der Waals surface area (Å²) >= 11 is 5.30. The second-order valence-corrected chi connectivity index (χ2v) is 10.5. The van der Waals surface area contributed by atoms with E-state index in [1.807, 2.05) is 57.2 Å². The summed E-state index contributed by atoms with van der Waals surface area (Å²) in [5, 5.41) is 6.75. The fourth-order valence-electron chi connectivity index (χ4n) is 3.80. The van der Waals surface area contributed by atoms with Crippen molar-refractivity contribution in [3.8, 4) is 23.3 Å². The van der Waals surface area contributed by atoms with Gasteiger partial charge in [0.1, 0.15) is 11.5 Å². The van der Waals surface area contributed by atoms with Gasteiger partial charge in [-0.25, -0.2) is 14.8 Å². The minimum Gasteiger partial charge on any atom is -0.493 e. The topological polar surface area (TPSA) is 97.8 Å². The Morgan fingerprint density at radius 1 is 1.00 bits per heavy atom. The molecule has 4 rings (SSSR count). The number of carbonyl (C=O) groups is 1. The number of nitrogens with one attached hydrogen (secondary N) is 2. The molecular formula is C28H33N5O4S. The van der Waals surface area contributed by atoms with Crippen molar-refractivity contribution in [1.29, 1.82) is 0 Å². The van der Waals surface area contributed by atoms with Crippen LogP contribution in [-0.2, 0) is 0 Å². The van der Waals surface area contributed by atoms with Gasteiger partial charge in [0.2, 0.25) is 11.8 Å². The number of aromatic nitrogens is 2. The van der Waals surface area contributed by atoms with E-state index < -0.39 is 6.09 Å². The van der Waals surface area contributed by atoms with E-state index in [1.54, 1.807) is 35.5 Å². The number of piperidine rings is 1. The maximum absolute atomic E-state index is 12.6. The van der Waals surface area contributed by atoms with E-state index in [4.69, 9.17) is 26.4 Å². The lowest BCUT2D eigenvalue weighted by Crippen LogP contribution is -2.42. The van der Waals surface area contributed by atoms with Crippen molar-refractivity contribution < 1.29 is 19.0 Å². The standard InChI is InChI=1S/C28H33N5O4S/c1-28(2,3)32-26(38)31-21-7-12-25(30-18-21)37-27(34)33-16-13-20(14-17-33)19-35-22-8-10-23(11-9-22)36-24-6-4-5-15-29-24/h4-12,15,18,20H,13-14,16-17,19H2,1-3H3,(H2,31,32,38). The molecule has 0 spiro atoms. The van der Waals surface area contributed by atoms with Gasteiger partial charge in [-0.15, -0.1) is 0 Å². The van der Waals surface area contributed by atoms with Crippen molar-refractivity contribution >= 4 is 29.1 Å². The molecule has 0 aliphatic carbocycles. The van der Waals surface area contributed by atoms with Crippen molar-refractivity contribution in [2.45, 2.75) is 39.2 Å². The highest BCUT2D eigenvalue weighted by Crippen LogP contribution is 2.24. The Morgan fingerprint density at radius 2 is 1.74 bits per heavy atom. The second kappa shape index (κ2) is 12.6. The average Bonchev–Trinajstić information content (AvgIpc) is 2.89. The van der Waals surface area contributed by atoms with Crippen LogP contribution in [0.1, 0.15) is 33.6 Å². The summed E-state index contributed by atoms with van der Waals surface area (Å²) in [6, 6.07) is 16.4. The number of thiocarbonyl (C=S) groups is 1. The molecule has 2 N–H and O–H groups in total. The lowest BCUT2D eigenvalue weighted by Gasteiger charge is -2.31. The molecule has 9 nitrogen and oxygen atoms in total. The Morgan fingerprint density at radius 3 is 2.37 bits per heavy atom. The molecule has 3 aromatic rings. The van der Waals surface area contributed by atoms with Gasteiger partial charge in [-0.05, 0) is 88.1 Å². The Balaban J connectivity index is 1.16. The smallest absolute Gasteiger partial charge is 0.416 e. The number of benzene rings is 1. The van der Waals surface area contributed by atoms with Crippen LogP contribution in [0.4, 0.5) is 10.5 Å². The number of ether oxygens (including phenoxy) is 3. The van der Waals surface area contributed by atoms with Crippen LogP contribution in [0.5, 0.6) is 23.3 Å². The monoisotopic (exact) mass is 535 g/mol. The van der Waals surface area contributed by atoms with Crippen LogP contribution in [-0.4, -0.2) is 51.3 Å². The second-order valence-electron chi connectivity index (χ2n) is 10.1. The zero-order valence-corrected chi connectivity index (χ0v) is 22.7. The van der Waals surface area contributed by atoms with Gasteiger partial charge in [0.05, 0.1) is 18.5 Å². The van der Waals surface area contributed by atoms with Crippen LogP contribution in [0, 0.1) is 5.92 Å². The van der Waals surface area contributed by atoms with Crippen molar-refractivity contribution in [1.82, 2.24) is 20.2 Å². The van der Waals surface area contributed by atoms with Crippen molar-refractivity contribution in [2.24, 2.45) is 5.92 Å². The number of likely N-dealkylation sites (tertiary alicyclic amines) is 1. The van der Waals surface area contributed by atoms with Gasteiger partial charge in [-0.3, -0.25) is 0 Å². The van der Waals surface area contributed by atoms with Crippen LogP contribution in [0.2, 0.25) is 0 Å². The van der Waals surface area contributed by atoms with Crippen molar-refractivity contribution in [3.63, 3.8) is 0 Å². The lowest BCUT2D eigenvalue weighted by atomic mass is 9.98. The molecule has 3 heterocycles. The minimum atomic E-state index is -0.397. The molecule has 2 aromatic heterocycles. The lowest BCUT2D eigenvalue weighted by molar-refractivity contribution is 0.115. The van der Waals surface area contributed by atoms with E-state index in [2.05, 4.69) is 20.6 Å². The summed E-state index contributed by atoms with van der Waals surface area (Å²) in [6.45, 7) is 7.88. The first-order chi connectivity index (χ1) is 18.2. The number of anilines is 1. The number of rotatable bonds is 7. The Kier molecular flexibility index (Phi) is 8.96. The molecule has 0 radical (unpaired) electrons. The van der Waals surface area contributed by atoms with Gasteiger partial charge in [0.15, 0.2) is 5.11 Å². The molecule has 38 heavy (non-hydrogen) atoms. The molecule has 1 aliphatic rings. The van der Waals surface area contributed by atoms with Crippen LogP contribution >= 0.6 is 12.2 Å². The maximum atomic E-state index is 12.6. The number of amides is 1. The third-order valence-corrected chi connectivity index (χ3v) is 5.92. The normalized spacial score (nSPS) is 13.9. The van der Waals surface area contributed by atoms with E-state index in [9.17, 15) is 4.79 Å². The van der Waals surface area contributed by atoms with Gasteiger partial charge >= 0.3 is 6.09 Å². The van der Waals surface area contributed by atoms with Crippen molar-refractivity contribution in [3.05, 3.63) is 67.0 Å². The number of pyridine rings is 2. The van der Waals surface area contributed by atoms with Crippen LogP contribution in [0.15, 0.2) is 67.0 Å². The molecule has 0 atom stereocenters.